The summed E-state index contributed by atoms with van der Waals surface area (Å²) in [6.45, 7) is 1.26. The Kier molecular flexibility index (Phi) is 4.73. The minimum Gasteiger partial charge on any atom is -0.473 e. The van der Waals surface area contributed by atoms with E-state index in [1.165, 1.54) is 0 Å². The van der Waals surface area contributed by atoms with Gasteiger partial charge in [-0.3, -0.25) is 0 Å². The molecule has 0 spiro atoms. The topological polar surface area (TPSA) is 34.2 Å². The third-order valence-corrected chi connectivity index (χ3v) is 3.31. The van der Waals surface area contributed by atoms with Crippen LogP contribution in [0.2, 0.25) is 0 Å². The number of nitrogens with zero attached hydrogens (tertiary/aromatic N) is 1. The zero-order valence-electron chi connectivity index (χ0n) is 10.2. The smallest absolute Gasteiger partial charge is 0.218 e. The van der Waals surface area contributed by atoms with E-state index in [4.69, 9.17) is 4.74 Å². The van der Waals surface area contributed by atoms with Gasteiger partial charge >= 0.3 is 0 Å². The van der Waals surface area contributed by atoms with Crippen LogP contribution in [0.3, 0.4) is 0 Å². The van der Waals surface area contributed by atoms with Crippen molar-refractivity contribution in [3.63, 3.8) is 0 Å². The highest BCUT2D eigenvalue weighted by molar-refractivity contribution is 9.10. The SMILES string of the molecule is CNCc1cccnc1OCc1ccccc1Br. The largest absolute Gasteiger partial charge is 0.473 e. The van der Waals surface area contributed by atoms with E-state index < -0.39 is 0 Å². The van der Waals surface area contributed by atoms with Crippen LogP contribution in [0.25, 0.3) is 0 Å². The van der Waals surface area contributed by atoms with Crippen molar-refractivity contribution in [2.24, 2.45) is 0 Å². The van der Waals surface area contributed by atoms with Crippen LogP contribution in [-0.2, 0) is 13.2 Å². The Morgan fingerprint density at radius 3 is 2.72 bits per heavy atom. The molecule has 0 aliphatic heterocycles. The van der Waals surface area contributed by atoms with Crippen LogP contribution in [0, 0.1) is 0 Å². The molecule has 1 aromatic heterocycles. The van der Waals surface area contributed by atoms with Gasteiger partial charge in [-0.15, -0.1) is 0 Å². The highest BCUT2D eigenvalue weighted by atomic mass is 79.9. The first-order chi connectivity index (χ1) is 8.81. The van der Waals surface area contributed by atoms with Crippen molar-refractivity contribution in [2.75, 3.05) is 7.05 Å². The van der Waals surface area contributed by atoms with Gasteiger partial charge in [-0.2, -0.15) is 0 Å². The number of hydrogen-bond donors (Lipinski definition) is 1. The molecule has 0 unspecified atom stereocenters. The lowest BCUT2D eigenvalue weighted by molar-refractivity contribution is 0.289. The molecule has 0 bridgehead atoms. The average molecular weight is 307 g/mol. The summed E-state index contributed by atoms with van der Waals surface area (Å²) in [5.41, 5.74) is 2.17. The molecule has 0 amide bonds. The molecular formula is C14H15BrN2O. The summed E-state index contributed by atoms with van der Waals surface area (Å²) in [5.74, 6) is 0.683. The normalized spacial score (nSPS) is 10.3. The molecule has 0 radical (unpaired) electrons. The first kappa shape index (κ1) is 13.1. The van der Waals surface area contributed by atoms with Crippen LogP contribution < -0.4 is 10.1 Å². The zero-order chi connectivity index (χ0) is 12.8. The predicted octanol–water partition coefficient (Wildman–Crippen LogP) is 3.14. The predicted molar refractivity (Wildman–Crippen MR) is 75.5 cm³/mol. The van der Waals surface area contributed by atoms with Gasteiger partial charge in [-0.25, -0.2) is 4.98 Å². The van der Waals surface area contributed by atoms with Crippen molar-refractivity contribution in [3.05, 3.63) is 58.2 Å². The summed E-state index contributed by atoms with van der Waals surface area (Å²) in [7, 11) is 1.91. The molecule has 0 saturated heterocycles. The molecule has 0 fully saturated rings. The van der Waals surface area contributed by atoms with Crippen molar-refractivity contribution in [1.82, 2.24) is 10.3 Å². The van der Waals surface area contributed by atoms with E-state index in [-0.39, 0.29) is 0 Å². The lowest BCUT2D eigenvalue weighted by atomic mass is 10.2. The monoisotopic (exact) mass is 306 g/mol. The van der Waals surface area contributed by atoms with Gasteiger partial charge < -0.3 is 10.1 Å². The van der Waals surface area contributed by atoms with Gasteiger partial charge in [0.05, 0.1) is 0 Å². The van der Waals surface area contributed by atoms with Gasteiger partial charge in [0.1, 0.15) is 6.61 Å². The van der Waals surface area contributed by atoms with Crippen molar-refractivity contribution in [2.45, 2.75) is 13.2 Å². The Morgan fingerprint density at radius 2 is 1.94 bits per heavy atom. The maximum Gasteiger partial charge on any atom is 0.218 e. The van der Waals surface area contributed by atoms with Gasteiger partial charge in [0.25, 0.3) is 0 Å². The van der Waals surface area contributed by atoms with E-state index in [1.54, 1.807) is 6.20 Å². The van der Waals surface area contributed by atoms with Gasteiger partial charge in [0.2, 0.25) is 5.88 Å². The Labute approximate surface area is 115 Å². The minimum atomic E-state index is 0.509. The number of ether oxygens (including phenoxy) is 1. The molecule has 0 aliphatic rings. The summed E-state index contributed by atoms with van der Waals surface area (Å²) in [6, 6.07) is 11.9. The maximum atomic E-state index is 5.78. The Hall–Kier alpha value is -1.39. The summed E-state index contributed by atoms with van der Waals surface area (Å²) in [5, 5.41) is 3.10. The number of pyridine rings is 1. The average Bonchev–Trinajstić information content (AvgIpc) is 2.40. The van der Waals surface area contributed by atoms with Crippen LogP contribution in [-0.4, -0.2) is 12.0 Å². The molecule has 0 atom stereocenters. The lowest BCUT2D eigenvalue weighted by Gasteiger charge is -2.10. The molecule has 1 aromatic carbocycles. The Balaban J connectivity index is 2.08. The maximum absolute atomic E-state index is 5.78. The molecule has 4 heteroatoms. The van der Waals surface area contributed by atoms with Gasteiger partial charge in [0.15, 0.2) is 0 Å². The number of halogens is 1. The zero-order valence-corrected chi connectivity index (χ0v) is 11.8. The van der Waals surface area contributed by atoms with Crippen molar-refractivity contribution in [1.29, 1.82) is 0 Å². The molecule has 1 N–H and O–H groups in total. The quantitative estimate of drug-likeness (QED) is 0.921. The fourth-order valence-corrected chi connectivity index (χ4v) is 2.04. The van der Waals surface area contributed by atoms with Crippen LogP contribution in [0.5, 0.6) is 5.88 Å². The van der Waals surface area contributed by atoms with E-state index in [9.17, 15) is 0 Å². The summed E-state index contributed by atoms with van der Waals surface area (Å²) in [6.07, 6.45) is 1.74. The highest BCUT2D eigenvalue weighted by Crippen LogP contribution is 2.20. The van der Waals surface area contributed by atoms with E-state index in [0.29, 0.717) is 12.5 Å². The Morgan fingerprint density at radius 1 is 1.17 bits per heavy atom. The second kappa shape index (κ2) is 6.52. The molecule has 2 aromatic rings. The highest BCUT2D eigenvalue weighted by Gasteiger charge is 2.05. The van der Waals surface area contributed by atoms with Crippen LogP contribution in [0.15, 0.2) is 47.1 Å². The molecular weight excluding hydrogens is 292 g/mol. The standard InChI is InChI=1S/C14H15BrN2O/c1-16-9-11-6-4-8-17-14(11)18-10-12-5-2-3-7-13(12)15/h2-8,16H,9-10H2,1H3. The van der Waals surface area contributed by atoms with Gasteiger partial charge in [0, 0.05) is 28.3 Å². The molecule has 0 saturated carbocycles. The van der Waals surface area contributed by atoms with Crippen molar-refractivity contribution < 1.29 is 4.74 Å². The van der Waals surface area contributed by atoms with Gasteiger partial charge in [-0.05, 0) is 19.2 Å². The van der Waals surface area contributed by atoms with Crippen LogP contribution >= 0.6 is 15.9 Å². The van der Waals surface area contributed by atoms with Crippen LogP contribution in [0.1, 0.15) is 11.1 Å². The lowest BCUT2D eigenvalue weighted by Crippen LogP contribution is -2.08. The van der Waals surface area contributed by atoms with E-state index in [0.717, 1.165) is 22.1 Å². The summed E-state index contributed by atoms with van der Waals surface area (Å²) >= 11 is 3.51. The molecule has 3 nitrogen and oxygen atoms in total. The van der Waals surface area contributed by atoms with Gasteiger partial charge in [-0.1, -0.05) is 40.2 Å². The summed E-state index contributed by atoms with van der Waals surface area (Å²) < 4.78 is 6.83. The fraction of sp³-hybridized carbons (Fsp3) is 0.214. The second-order valence-corrected chi connectivity index (χ2v) is 4.73. The first-order valence-corrected chi connectivity index (χ1v) is 6.55. The van der Waals surface area contributed by atoms with E-state index in [2.05, 4.69) is 26.2 Å². The first-order valence-electron chi connectivity index (χ1n) is 5.76. The number of nitrogens with one attached hydrogen (secondary N) is 1. The Bertz CT molecular complexity index is 517. The molecule has 94 valence electrons. The van der Waals surface area contributed by atoms with E-state index >= 15 is 0 Å². The second-order valence-electron chi connectivity index (χ2n) is 3.88. The van der Waals surface area contributed by atoms with Crippen molar-refractivity contribution >= 4 is 15.9 Å². The number of hydrogen-bond acceptors (Lipinski definition) is 3. The fourth-order valence-electron chi connectivity index (χ4n) is 1.64. The van der Waals surface area contributed by atoms with Crippen molar-refractivity contribution in [3.8, 4) is 5.88 Å². The number of rotatable bonds is 5. The van der Waals surface area contributed by atoms with Crippen LogP contribution in [0.4, 0.5) is 0 Å². The third kappa shape index (κ3) is 3.31. The third-order valence-electron chi connectivity index (χ3n) is 2.54. The number of benzene rings is 1. The molecule has 18 heavy (non-hydrogen) atoms. The van der Waals surface area contributed by atoms with E-state index in [1.807, 2.05) is 43.4 Å². The molecule has 0 aliphatic carbocycles. The minimum absolute atomic E-state index is 0.509. The molecule has 1 heterocycles. The summed E-state index contributed by atoms with van der Waals surface area (Å²) in [4.78, 5) is 4.26. The number of aromatic nitrogens is 1. The molecule has 2 rings (SSSR count).